The fourth-order valence-corrected chi connectivity index (χ4v) is 5.70. The topological polar surface area (TPSA) is 117 Å². The van der Waals surface area contributed by atoms with Crippen LogP contribution in [0.5, 0.6) is 0 Å². The van der Waals surface area contributed by atoms with E-state index in [1.165, 1.54) is 5.56 Å². The first-order valence-corrected chi connectivity index (χ1v) is 12.7. The third-order valence-electron chi connectivity index (χ3n) is 7.38. The zero-order valence-corrected chi connectivity index (χ0v) is 21.0. The van der Waals surface area contributed by atoms with Gasteiger partial charge in [0.15, 0.2) is 5.82 Å². The fourth-order valence-electron chi connectivity index (χ4n) is 5.70. The van der Waals surface area contributed by atoms with E-state index in [9.17, 15) is 10.1 Å². The average Bonchev–Trinajstić information content (AvgIpc) is 3.50. The predicted octanol–water partition coefficient (Wildman–Crippen LogP) is 5.26. The van der Waals surface area contributed by atoms with E-state index >= 15 is 0 Å². The van der Waals surface area contributed by atoms with Gasteiger partial charge in [-0.15, -0.1) is 5.10 Å². The van der Waals surface area contributed by atoms with E-state index < -0.39 is 0 Å². The summed E-state index contributed by atoms with van der Waals surface area (Å²) in [6.45, 7) is 6.44. The second-order valence-corrected chi connectivity index (χ2v) is 10.1. The lowest BCUT2D eigenvalue weighted by atomic mass is 9.83. The van der Waals surface area contributed by atoms with Crippen LogP contribution in [0.25, 0.3) is 10.9 Å². The largest absolute Gasteiger partial charge is 0.338 e. The number of anilines is 2. The number of benzene rings is 1. The number of nitriles is 1. The van der Waals surface area contributed by atoms with Crippen molar-refractivity contribution < 1.29 is 0 Å². The Balaban J connectivity index is 1.51. The number of pyridine rings is 1. The quantitative estimate of drug-likeness (QED) is 0.370. The number of nitrogens with zero attached hydrogens (tertiary/aromatic N) is 6. The van der Waals surface area contributed by atoms with Crippen LogP contribution in [0.4, 0.5) is 11.5 Å². The van der Waals surface area contributed by atoms with E-state index in [1.807, 2.05) is 27.7 Å². The van der Waals surface area contributed by atoms with Crippen LogP contribution in [-0.2, 0) is 0 Å². The minimum atomic E-state index is -0.173. The standard InChI is InChI=1S/C27H32N8O/c1-17(2)25(34-15-14-30-33-34)21-9-8-20(16-18(21)3)31-26-24-23(11-13-29-27(24)36)35(32-26)22-7-5-4-6-19(22)10-12-28/h8-9,11,13-17,19,22,25H,4-7,10H2,1-3H3,(H,29,36)(H,31,32). The van der Waals surface area contributed by atoms with Crippen LogP contribution in [-0.4, -0.2) is 29.8 Å². The van der Waals surface area contributed by atoms with Crippen molar-refractivity contribution in [2.75, 3.05) is 5.32 Å². The summed E-state index contributed by atoms with van der Waals surface area (Å²) < 4.78 is 3.88. The molecule has 36 heavy (non-hydrogen) atoms. The highest BCUT2D eigenvalue weighted by atomic mass is 16.1. The molecule has 1 aromatic carbocycles. The summed E-state index contributed by atoms with van der Waals surface area (Å²) in [7, 11) is 0. The summed E-state index contributed by atoms with van der Waals surface area (Å²) in [5, 5.41) is 26.5. The molecule has 1 fully saturated rings. The number of hydrogen-bond acceptors (Lipinski definition) is 6. The molecule has 0 saturated heterocycles. The summed E-state index contributed by atoms with van der Waals surface area (Å²) in [6.07, 6.45) is 9.97. The van der Waals surface area contributed by atoms with Crippen molar-refractivity contribution in [2.24, 2.45) is 11.8 Å². The van der Waals surface area contributed by atoms with Crippen molar-refractivity contribution in [3.8, 4) is 6.07 Å². The lowest BCUT2D eigenvalue weighted by Gasteiger charge is -2.30. The average molecular weight is 485 g/mol. The highest BCUT2D eigenvalue weighted by molar-refractivity contribution is 5.91. The van der Waals surface area contributed by atoms with Crippen molar-refractivity contribution in [1.29, 1.82) is 5.26 Å². The van der Waals surface area contributed by atoms with Gasteiger partial charge in [0.2, 0.25) is 0 Å². The maximum atomic E-state index is 12.9. The van der Waals surface area contributed by atoms with Gasteiger partial charge in [0.25, 0.3) is 5.56 Å². The number of aromatic amines is 1. The van der Waals surface area contributed by atoms with Crippen LogP contribution in [0, 0.1) is 30.1 Å². The molecular weight excluding hydrogens is 452 g/mol. The van der Waals surface area contributed by atoms with Gasteiger partial charge in [0.05, 0.1) is 29.9 Å². The minimum Gasteiger partial charge on any atom is -0.338 e. The van der Waals surface area contributed by atoms with Crippen molar-refractivity contribution in [1.82, 2.24) is 29.8 Å². The van der Waals surface area contributed by atoms with Gasteiger partial charge in [0, 0.05) is 24.5 Å². The predicted molar refractivity (Wildman–Crippen MR) is 139 cm³/mol. The van der Waals surface area contributed by atoms with Crippen LogP contribution in [0.3, 0.4) is 0 Å². The Bertz CT molecular complexity index is 1440. The van der Waals surface area contributed by atoms with Gasteiger partial charge in [0.1, 0.15) is 5.39 Å². The molecule has 0 amide bonds. The molecule has 1 saturated carbocycles. The molecule has 3 atom stereocenters. The Hall–Kier alpha value is -3.93. The summed E-state index contributed by atoms with van der Waals surface area (Å²) in [4.78, 5) is 15.7. The lowest BCUT2D eigenvalue weighted by molar-refractivity contribution is 0.232. The van der Waals surface area contributed by atoms with E-state index in [-0.39, 0.29) is 23.6 Å². The molecule has 0 spiro atoms. The monoisotopic (exact) mass is 484 g/mol. The molecule has 186 valence electrons. The van der Waals surface area contributed by atoms with Gasteiger partial charge in [-0.25, -0.2) is 4.68 Å². The smallest absolute Gasteiger partial charge is 0.261 e. The molecule has 9 heteroatoms. The number of nitrogens with one attached hydrogen (secondary N) is 2. The normalized spacial score (nSPS) is 18.9. The van der Waals surface area contributed by atoms with E-state index in [2.05, 4.69) is 59.6 Å². The second kappa shape index (κ2) is 9.97. The van der Waals surface area contributed by atoms with E-state index in [0.717, 1.165) is 42.5 Å². The van der Waals surface area contributed by atoms with Crippen molar-refractivity contribution in [2.45, 2.75) is 65.0 Å². The van der Waals surface area contributed by atoms with E-state index in [1.54, 1.807) is 12.4 Å². The van der Waals surface area contributed by atoms with E-state index in [0.29, 0.717) is 23.5 Å². The van der Waals surface area contributed by atoms with Crippen molar-refractivity contribution in [3.63, 3.8) is 0 Å². The fraction of sp³-hybridized carbons (Fsp3) is 0.444. The molecule has 0 aliphatic heterocycles. The van der Waals surface area contributed by atoms with E-state index in [4.69, 9.17) is 5.10 Å². The first kappa shape index (κ1) is 23.8. The first-order valence-electron chi connectivity index (χ1n) is 12.7. The first-order chi connectivity index (χ1) is 17.5. The Morgan fingerprint density at radius 1 is 1.25 bits per heavy atom. The second-order valence-electron chi connectivity index (χ2n) is 10.1. The molecule has 1 aliphatic carbocycles. The maximum Gasteiger partial charge on any atom is 0.261 e. The van der Waals surface area contributed by atoms with Crippen molar-refractivity contribution in [3.05, 3.63) is 64.3 Å². The van der Waals surface area contributed by atoms with Crippen LogP contribution in [0.1, 0.15) is 69.2 Å². The number of aromatic nitrogens is 6. The van der Waals surface area contributed by atoms with Gasteiger partial charge in [-0.3, -0.25) is 9.48 Å². The Morgan fingerprint density at radius 2 is 2.08 bits per heavy atom. The van der Waals surface area contributed by atoms with Gasteiger partial charge in [-0.1, -0.05) is 38.0 Å². The van der Waals surface area contributed by atoms with Crippen LogP contribution in [0.15, 0.2) is 47.7 Å². The van der Waals surface area contributed by atoms with Crippen LogP contribution in [0.2, 0.25) is 0 Å². The highest BCUT2D eigenvalue weighted by Crippen LogP contribution is 2.38. The van der Waals surface area contributed by atoms with Crippen molar-refractivity contribution >= 4 is 22.4 Å². The number of H-pyrrole nitrogens is 1. The molecular formula is C27H32N8O. The molecule has 1 aliphatic rings. The van der Waals surface area contributed by atoms with Crippen LogP contribution < -0.4 is 10.9 Å². The molecule has 3 aromatic heterocycles. The Kier molecular flexibility index (Phi) is 6.59. The summed E-state index contributed by atoms with van der Waals surface area (Å²) >= 11 is 0. The van der Waals surface area contributed by atoms with Gasteiger partial charge in [-0.05, 0) is 60.9 Å². The highest BCUT2D eigenvalue weighted by Gasteiger charge is 2.30. The number of rotatable bonds is 7. The van der Waals surface area contributed by atoms with Gasteiger partial charge >= 0.3 is 0 Å². The molecule has 2 N–H and O–H groups in total. The number of hydrogen-bond donors (Lipinski definition) is 2. The Morgan fingerprint density at radius 3 is 2.81 bits per heavy atom. The third kappa shape index (κ3) is 4.39. The van der Waals surface area contributed by atoms with Gasteiger partial charge < -0.3 is 10.3 Å². The molecule has 5 rings (SSSR count). The zero-order valence-electron chi connectivity index (χ0n) is 21.0. The SMILES string of the molecule is Cc1cc(Nc2nn(C3CCCCC3CC#N)c3cc[nH]c(=O)c23)ccc1C(C(C)C)n1ccnn1. The summed E-state index contributed by atoms with van der Waals surface area (Å²) in [5.74, 6) is 1.11. The third-order valence-corrected chi connectivity index (χ3v) is 7.38. The number of fused-ring (bicyclic) bond motifs is 1. The summed E-state index contributed by atoms with van der Waals surface area (Å²) in [5.41, 5.74) is 3.79. The molecule has 3 unspecified atom stereocenters. The van der Waals surface area contributed by atoms with Crippen LogP contribution >= 0.6 is 0 Å². The molecule has 0 radical (unpaired) electrons. The molecule has 4 aromatic rings. The minimum absolute atomic E-state index is 0.0767. The molecule has 9 nitrogen and oxygen atoms in total. The number of aryl methyl sites for hydroxylation is 1. The Labute approximate surface area is 210 Å². The molecule has 3 heterocycles. The lowest BCUT2D eigenvalue weighted by Crippen LogP contribution is -2.24. The summed E-state index contributed by atoms with van der Waals surface area (Å²) in [6, 6.07) is 10.7. The van der Waals surface area contributed by atoms with Gasteiger partial charge in [-0.2, -0.15) is 10.4 Å². The maximum absolute atomic E-state index is 12.9. The zero-order chi connectivity index (χ0) is 25.2. The molecule has 0 bridgehead atoms.